The Labute approximate surface area is 155 Å². The SMILES string of the molecule is O=C(NC1CC1)C(=O)N1CCN(CC(O)c2ccc(OC(F)F)cc2)CC1. The molecular weight excluding hydrogens is 360 g/mol. The van der Waals surface area contributed by atoms with Gasteiger partial charge in [-0.2, -0.15) is 8.78 Å². The molecule has 2 N–H and O–H groups in total. The molecule has 0 bridgehead atoms. The standard InChI is InChI=1S/C18H23F2N3O4/c19-18(20)27-14-5-1-12(2-6-14)15(24)11-22-7-9-23(10-8-22)17(26)16(25)21-13-3-4-13/h1-2,5-6,13,15,18,24H,3-4,7-11H2,(H,21,25). The number of β-amino-alcohol motifs (C(OH)–C–C–N with tert-alkyl or cyclic N) is 1. The van der Waals surface area contributed by atoms with Crippen molar-refractivity contribution >= 4 is 11.8 Å². The van der Waals surface area contributed by atoms with E-state index in [4.69, 9.17) is 0 Å². The van der Waals surface area contributed by atoms with Gasteiger partial charge >= 0.3 is 18.4 Å². The highest BCUT2D eigenvalue weighted by Gasteiger charge is 2.31. The van der Waals surface area contributed by atoms with Crippen LogP contribution in [0, 0.1) is 0 Å². The Morgan fingerprint density at radius 3 is 2.33 bits per heavy atom. The average Bonchev–Trinajstić information content (AvgIpc) is 3.45. The maximum Gasteiger partial charge on any atom is 0.387 e. The fourth-order valence-electron chi connectivity index (χ4n) is 2.97. The molecule has 3 rings (SSSR count). The number of rotatable bonds is 6. The first-order valence-electron chi connectivity index (χ1n) is 8.97. The number of carbonyl (C=O) groups excluding carboxylic acids is 2. The number of piperazine rings is 1. The lowest BCUT2D eigenvalue weighted by Crippen LogP contribution is -2.53. The second-order valence-corrected chi connectivity index (χ2v) is 6.80. The van der Waals surface area contributed by atoms with Crippen molar-refractivity contribution in [1.82, 2.24) is 15.1 Å². The minimum Gasteiger partial charge on any atom is -0.435 e. The second-order valence-electron chi connectivity index (χ2n) is 6.80. The largest absolute Gasteiger partial charge is 0.435 e. The van der Waals surface area contributed by atoms with Gasteiger partial charge in [-0.3, -0.25) is 14.5 Å². The average molecular weight is 383 g/mol. The highest BCUT2D eigenvalue weighted by molar-refractivity contribution is 6.35. The van der Waals surface area contributed by atoms with Crippen molar-refractivity contribution in [2.24, 2.45) is 0 Å². The summed E-state index contributed by atoms with van der Waals surface area (Å²) in [6, 6.07) is 6.02. The minimum atomic E-state index is -2.88. The van der Waals surface area contributed by atoms with Crippen LogP contribution in [-0.2, 0) is 9.59 Å². The second kappa shape index (κ2) is 8.62. The number of hydrogen-bond donors (Lipinski definition) is 2. The summed E-state index contributed by atoms with van der Waals surface area (Å²) in [6.45, 7) is -0.592. The number of aliphatic hydroxyl groups excluding tert-OH is 1. The first-order chi connectivity index (χ1) is 12.9. The van der Waals surface area contributed by atoms with Crippen molar-refractivity contribution in [3.63, 3.8) is 0 Å². The summed E-state index contributed by atoms with van der Waals surface area (Å²) in [5.74, 6) is -1.01. The monoisotopic (exact) mass is 383 g/mol. The minimum absolute atomic E-state index is 0.0394. The molecule has 2 aliphatic rings. The zero-order valence-electron chi connectivity index (χ0n) is 14.8. The van der Waals surface area contributed by atoms with E-state index in [2.05, 4.69) is 10.1 Å². The fourth-order valence-corrected chi connectivity index (χ4v) is 2.97. The Bertz CT molecular complexity index is 659. The summed E-state index contributed by atoms with van der Waals surface area (Å²) >= 11 is 0. The summed E-state index contributed by atoms with van der Waals surface area (Å²) < 4.78 is 28.6. The van der Waals surface area contributed by atoms with Crippen LogP contribution in [0.25, 0.3) is 0 Å². The molecule has 148 valence electrons. The molecule has 1 unspecified atom stereocenters. The van der Waals surface area contributed by atoms with Crippen LogP contribution >= 0.6 is 0 Å². The lowest BCUT2D eigenvalue weighted by Gasteiger charge is -2.35. The quantitative estimate of drug-likeness (QED) is 0.709. The number of ether oxygens (including phenoxy) is 1. The lowest BCUT2D eigenvalue weighted by atomic mass is 10.1. The topological polar surface area (TPSA) is 82.1 Å². The zero-order chi connectivity index (χ0) is 19.4. The summed E-state index contributed by atoms with van der Waals surface area (Å²) in [4.78, 5) is 27.4. The van der Waals surface area contributed by atoms with E-state index in [0.29, 0.717) is 38.3 Å². The number of alkyl halides is 2. The number of benzene rings is 1. The summed E-state index contributed by atoms with van der Waals surface area (Å²) in [7, 11) is 0. The van der Waals surface area contributed by atoms with Gasteiger partial charge in [0.25, 0.3) is 0 Å². The molecule has 0 aromatic heterocycles. The van der Waals surface area contributed by atoms with Gasteiger partial charge in [0, 0.05) is 38.8 Å². The number of carbonyl (C=O) groups is 2. The van der Waals surface area contributed by atoms with Crippen LogP contribution in [0.2, 0.25) is 0 Å². The number of nitrogens with one attached hydrogen (secondary N) is 1. The van der Waals surface area contributed by atoms with Gasteiger partial charge in [-0.25, -0.2) is 0 Å². The molecule has 1 aromatic rings. The normalized spacial score (nSPS) is 19.0. The van der Waals surface area contributed by atoms with E-state index in [-0.39, 0.29) is 11.8 Å². The van der Waals surface area contributed by atoms with Crippen molar-refractivity contribution in [2.45, 2.75) is 31.6 Å². The number of nitrogens with zero attached hydrogens (tertiary/aromatic N) is 2. The molecule has 0 spiro atoms. The van der Waals surface area contributed by atoms with E-state index in [9.17, 15) is 23.5 Å². The van der Waals surface area contributed by atoms with Gasteiger partial charge in [-0.15, -0.1) is 0 Å². The maximum atomic E-state index is 12.2. The first-order valence-corrected chi connectivity index (χ1v) is 8.97. The van der Waals surface area contributed by atoms with Gasteiger partial charge in [-0.05, 0) is 30.5 Å². The van der Waals surface area contributed by atoms with E-state index < -0.39 is 24.5 Å². The fraction of sp³-hybridized carbons (Fsp3) is 0.556. The van der Waals surface area contributed by atoms with Crippen LogP contribution in [0.3, 0.4) is 0 Å². The molecule has 1 heterocycles. The van der Waals surface area contributed by atoms with Crippen LogP contribution < -0.4 is 10.1 Å². The summed E-state index contributed by atoms with van der Waals surface area (Å²) in [5, 5.41) is 13.0. The van der Waals surface area contributed by atoms with E-state index in [1.54, 1.807) is 12.1 Å². The van der Waals surface area contributed by atoms with Crippen LogP contribution in [0.1, 0.15) is 24.5 Å². The first kappa shape index (κ1) is 19.5. The van der Waals surface area contributed by atoms with E-state index in [1.165, 1.54) is 17.0 Å². The van der Waals surface area contributed by atoms with Crippen LogP contribution in [0.5, 0.6) is 5.75 Å². The van der Waals surface area contributed by atoms with E-state index in [1.807, 2.05) is 4.90 Å². The Morgan fingerprint density at radius 1 is 1.15 bits per heavy atom. The van der Waals surface area contributed by atoms with Crippen molar-refractivity contribution < 1.29 is 28.2 Å². The van der Waals surface area contributed by atoms with Crippen molar-refractivity contribution in [3.05, 3.63) is 29.8 Å². The highest BCUT2D eigenvalue weighted by Crippen LogP contribution is 2.21. The van der Waals surface area contributed by atoms with Crippen LogP contribution in [0.15, 0.2) is 24.3 Å². The highest BCUT2D eigenvalue weighted by atomic mass is 19.3. The van der Waals surface area contributed by atoms with Gasteiger partial charge in [0.2, 0.25) is 0 Å². The molecule has 27 heavy (non-hydrogen) atoms. The Kier molecular flexibility index (Phi) is 6.22. The Hall–Kier alpha value is -2.26. The van der Waals surface area contributed by atoms with E-state index >= 15 is 0 Å². The predicted molar refractivity (Wildman–Crippen MR) is 92.2 cm³/mol. The number of aliphatic hydroxyl groups is 1. The third-order valence-electron chi connectivity index (χ3n) is 4.69. The number of amides is 2. The third-order valence-corrected chi connectivity index (χ3v) is 4.69. The maximum absolute atomic E-state index is 12.2. The van der Waals surface area contributed by atoms with Gasteiger partial charge in [0.05, 0.1) is 6.10 Å². The molecule has 2 amide bonds. The Balaban J connectivity index is 1.44. The van der Waals surface area contributed by atoms with Gasteiger partial charge in [-0.1, -0.05) is 12.1 Å². The van der Waals surface area contributed by atoms with Crippen molar-refractivity contribution in [1.29, 1.82) is 0 Å². The predicted octanol–water partition coefficient (Wildman–Crippen LogP) is 0.744. The van der Waals surface area contributed by atoms with Crippen molar-refractivity contribution in [2.75, 3.05) is 32.7 Å². The zero-order valence-corrected chi connectivity index (χ0v) is 14.8. The summed E-state index contributed by atoms with van der Waals surface area (Å²) in [5.41, 5.74) is 0.596. The number of hydrogen-bond acceptors (Lipinski definition) is 5. The smallest absolute Gasteiger partial charge is 0.387 e. The van der Waals surface area contributed by atoms with Crippen LogP contribution in [-0.4, -0.2) is 72.1 Å². The summed E-state index contributed by atoms with van der Waals surface area (Å²) in [6.07, 6.45) is 1.07. The third kappa shape index (κ3) is 5.61. The molecule has 1 saturated carbocycles. The molecule has 7 nitrogen and oxygen atoms in total. The number of halogens is 2. The molecule has 1 aromatic carbocycles. The molecule has 0 radical (unpaired) electrons. The molecule has 1 atom stereocenters. The van der Waals surface area contributed by atoms with Gasteiger partial charge in [0.15, 0.2) is 0 Å². The van der Waals surface area contributed by atoms with Gasteiger partial charge in [0.1, 0.15) is 5.75 Å². The molecule has 2 fully saturated rings. The molecule has 1 aliphatic carbocycles. The van der Waals surface area contributed by atoms with Crippen molar-refractivity contribution in [3.8, 4) is 5.75 Å². The Morgan fingerprint density at radius 2 is 1.78 bits per heavy atom. The molecule has 1 aliphatic heterocycles. The molecule has 9 heteroatoms. The van der Waals surface area contributed by atoms with Gasteiger partial charge < -0.3 is 20.1 Å². The molecule has 1 saturated heterocycles. The lowest BCUT2D eigenvalue weighted by molar-refractivity contribution is -0.147. The van der Waals surface area contributed by atoms with E-state index in [0.717, 1.165) is 12.8 Å². The molecular formula is C18H23F2N3O4. The van der Waals surface area contributed by atoms with Crippen LogP contribution in [0.4, 0.5) is 8.78 Å².